The number of aliphatic carboxylic acids is 1. The number of hydrogen-bond acceptors (Lipinski definition) is 2. The summed E-state index contributed by atoms with van der Waals surface area (Å²) in [6, 6.07) is 1.99. The van der Waals surface area contributed by atoms with E-state index in [0.29, 0.717) is 0 Å². The van der Waals surface area contributed by atoms with Crippen LogP contribution in [-0.2, 0) is 18.3 Å². The first-order chi connectivity index (χ1) is 8.16. The van der Waals surface area contributed by atoms with E-state index in [1.807, 2.05) is 19.3 Å². The molecule has 2 unspecified atom stereocenters. The van der Waals surface area contributed by atoms with Crippen molar-refractivity contribution in [3.63, 3.8) is 0 Å². The first-order valence-electron chi connectivity index (χ1n) is 6.38. The second-order valence-electron chi connectivity index (χ2n) is 5.03. The molecule has 0 bridgehead atoms. The molecular weight excluding hydrogens is 216 g/mol. The van der Waals surface area contributed by atoms with Gasteiger partial charge in [0.1, 0.15) is 0 Å². The summed E-state index contributed by atoms with van der Waals surface area (Å²) in [7, 11) is 1.89. The standard InChI is InChI=1S/C13H20N2O2/c1-15-8-7-11(14-15)9-10-5-3-2-4-6-12(10)13(16)17/h7-8,10,12H,2-6,9H2,1H3,(H,16,17). The summed E-state index contributed by atoms with van der Waals surface area (Å²) < 4.78 is 1.78. The largest absolute Gasteiger partial charge is 0.481 e. The molecule has 0 aliphatic heterocycles. The Hall–Kier alpha value is -1.32. The van der Waals surface area contributed by atoms with Gasteiger partial charge in [-0.15, -0.1) is 0 Å². The zero-order valence-corrected chi connectivity index (χ0v) is 10.3. The summed E-state index contributed by atoms with van der Waals surface area (Å²) in [6.07, 6.45) is 7.94. The third kappa shape index (κ3) is 3.08. The molecular formula is C13H20N2O2. The number of hydrogen-bond donors (Lipinski definition) is 1. The molecule has 4 heteroatoms. The molecule has 1 heterocycles. The molecule has 1 aromatic rings. The van der Waals surface area contributed by atoms with Gasteiger partial charge in [-0.05, 0) is 31.2 Å². The van der Waals surface area contributed by atoms with Crippen LogP contribution in [0.5, 0.6) is 0 Å². The molecule has 1 N–H and O–H groups in total. The van der Waals surface area contributed by atoms with Crippen LogP contribution in [0.4, 0.5) is 0 Å². The van der Waals surface area contributed by atoms with E-state index >= 15 is 0 Å². The van der Waals surface area contributed by atoms with Gasteiger partial charge < -0.3 is 5.11 Å². The lowest BCUT2D eigenvalue weighted by Crippen LogP contribution is -2.24. The van der Waals surface area contributed by atoms with Crippen molar-refractivity contribution in [2.24, 2.45) is 18.9 Å². The highest BCUT2D eigenvalue weighted by Crippen LogP contribution is 2.31. The summed E-state index contributed by atoms with van der Waals surface area (Å²) in [5.41, 5.74) is 1.02. The van der Waals surface area contributed by atoms with Gasteiger partial charge in [0, 0.05) is 13.2 Å². The van der Waals surface area contributed by atoms with Gasteiger partial charge in [0.05, 0.1) is 11.6 Å². The molecule has 1 fully saturated rings. The van der Waals surface area contributed by atoms with Crippen LogP contribution >= 0.6 is 0 Å². The number of carbonyl (C=O) groups is 1. The fourth-order valence-corrected chi connectivity index (χ4v) is 2.79. The van der Waals surface area contributed by atoms with Crippen LogP contribution < -0.4 is 0 Å². The van der Waals surface area contributed by atoms with Crippen molar-refractivity contribution in [2.45, 2.75) is 38.5 Å². The highest BCUT2D eigenvalue weighted by Gasteiger charge is 2.29. The van der Waals surface area contributed by atoms with Gasteiger partial charge in [-0.1, -0.05) is 19.3 Å². The van der Waals surface area contributed by atoms with Crippen molar-refractivity contribution in [2.75, 3.05) is 0 Å². The van der Waals surface area contributed by atoms with E-state index in [0.717, 1.165) is 37.8 Å². The van der Waals surface area contributed by atoms with E-state index in [1.54, 1.807) is 4.68 Å². The molecule has 4 nitrogen and oxygen atoms in total. The van der Waals surface area contributed by atoms with Crippen LogP contribution in [0.15, 0.2) is 12.3 Å². The number of aryl methyl sites for hydroxylation is 1. The molecule has 1 aliphatic carbocycles. The fraction of sp³-hybridized carbons (Fsp3) is 0.692. The Labute approximate surface area is 102 Å². The van der Waals surface area contributed by atoms with Crippen molar-refractivity contribution in [1.82, 2.24) is 9.78 Å². The molecule has 2 rings (SSSR count). The maximum atomic E-state index is 11.3. The Kier molecular flexibility index (Phi) is 3.82. The Bertz CT molecular complexity index is 387. The second-order valence-corrected chi connectivity index (χ2v) is 5.03. The van der Waals surface area contributed by atoms with Crippen LogP contribution in [0.3, 0.4) is 0 Å². The molecule has 0 amide bonds. The van der Waals surface area contributed by atoms with E-state index in [9.17, 15) is 9.90 Å². The van der Waals surface area contributed by atoms with Crippen LogP contribution in [0.25, 0.3) is 0 Å². The summed E-state index contributed by atoms with van der Waals surface area (Å²) in [6.45, 7) is 0. The van der Waals surface area contributed by atoms with E-state index in [1.165, 1.54) is 6.42 Å². The molecule has 17 heavy (non-hydrogen) atoms. The Morgan fingerprint density at radius 2 is 2.24 bits per heavy atom. The smallest absolute Gasteiger partial charge is 0.306 e. The maximum absolute atomic E-state index is 11.3. The van der Waals surface area contributed by atoms with Gasteiger partial charge in [0.15, 0.2) is 0 Å². The first-order valence-corrected chi connectivity index (χ1v) is 6.38. The Balaban J connectivity index is 2.07. The second kappa shape index (κ2) is 5.34. The van der Waals surface area contributed by atoms with E-state index in [2.05, 4.69) is 5.10 Å². The van der Waals surface area contributed by atoms with Crippen LogP contribution in [0.2, 0.25) is 0 Å². The number of carboxylic acid groups (broad SMARTS) is 1. The minimum atomic E-state index is -0.632. The van der Waals surface area contributed by atoms with Crippen molar-refractivity contribution in [3.05, 3.63) is 18.0 Å². The SMILES string of the molecule is Cn1ccc(CC2CCCCCC2C(=O)O)n1. The average molecular weight is 236 g/mol. The van der Waals surface area contributed by atoms with Gasteiger partial charge in [-0.3, -0.25) is 9.48 Å². The summed E-state index contributed by atoms with van der Waals surface area (Å²) in [5.74, 6) is -0.558. The van der Waals surface area contributed by atoms with E-state index in [-0.39, 0.29) is 11.8 Å². The molecule has 0 spiro atoms. The van der Waals surface area contributed by atoms with Crippen LogP contribution in [0, 0.1) is 11.8 Å². The number of carboxylic acids is 1. The number of rotatable bonds is 3. The Morgan fingerprint density at radius 3 is 2.88 bits per heavy atom. The quantitative estimate of drug-likeness (QED) is 0.819. The minimum Gasteiger partial charge on any atom is -0.481 e. The monoisotopic (exact) mass is 236 g/mol. The van der Waals surface area contributed by atoms with Gasteiger partial charge in [0.2, 0.25) is 0 Å². The summed E-state index contributed by atoms with van der Waals surface area (Å²) in [4.78, 5) is 11.3. The van der Waals surface area contributed by atoms with Crippen molar-refractivity contribution < 1.29 is 9.90 Å². The third-order valence-corrected chi connectivity index (χ3v) is 3.72. The molecule has 0 saturated heterocycles. The Morgan fingerprint density at radius 1 is 1.47 bits per heavy atom. The van der Waals surface area contributed by atoms with Crippen molar-refractivity contribution in [1.29, 1.82) is 0 Å². The van der Waals surface area contributed by atoms with Gasteiger partial charge in [-0.25, -0.2) is 0 Å². The topological polar surface area (TPSA) is 55.1 Å². The lowest BCUT2D eigenvalue weighted by Gasteiger charge is -2.20. The van der Waals surface area contributed by atoms with Gasteiger partial charge in [-0.2, -0.15) is 5.10 Å². The van der Waals surface area contributed by atoms with E-state index in [4.69, 9.17) is 0 Å². The highest BCUT2D eigenvalue weighted by molar-refractivity contribution is 5.70. The predicted octanol–water partition coefficient (Wildman–Crippen LogP) is 2.24. The lowest BCUT2D eigenvalue weighted by atomic mass is 9.84. The van der Waals surface area contributed by atoms with Crippen molar-refractivity contribution >= 4 is 5.97 Å². The summed E-state index contributed by atoms with van der Waals surface area (Å²) >= 11 is 0. The van der Waals surface area contributed by atoms with Gasteiger partial charge >= 0.3 is 5.97 Å². The van der Waals surface area contributed by atoms with Crippen molar-refractivity contribution in [3.8, 4) is 0 Å². The molecule has 2 atom stereocenters. The normalized spacial score (nSPS) is 25.5. The molecule has 0 aromatic carbocycles. The van der Waals surface area contributed by atoms with Crippen LogP contribution in [-0.4, -0.2) is 20.9 Å². The zero-order chi connectivity index (χ0) is 12.3. The average Bonchev–Trinajstić information content (AvgIpc) is 2.55. The molecule has 0 radical (unpaired) electrons. The van der Waals surface area contributed by atoms with E-state index < -0.39 is 5.97 Å². The first kappa shape index (κ1) is 12.1. The molecule has 1 aliphatic rings. The highest BCUT2D eigenvalue weighted by atomic mass is 16.4. The van der Waals surface area contributed by atoms with Gasteiger partial charge in [0.25, 0.3) is 0 Å². The minimum absolute atomic E-state index is 0.181. The number of nitrogens with zero attached hydrogens (tertiary/aromatic N) is 2. The number of aromatic nitrogens is 2. The molecule has 1 aromatic heterocycles. The molecule has 94 valence electrons. The maximum Gasteiger partial charge on any atom is 0.306 e. The third-order valence-electron chi connectivity index (χ3n) is 3.72. The van der Waals surface area contributed by atoms with Crippen LogP contribution in [0.1, 0.15) is 37.8 Å². The summed E-state index contributed by atoms with van der Waals surface area (Å²) in [5, 5.41) is 13.6. The fourth-order valence-electron chi connectivity index (χ4n) is 2.79. The predicted molar refractivity (Wildman–Crippen MR) is 64.6 cm³/mol. The zero-order valence-electron chi connectivity index (χ0n) is 10.3. The lowest BCUT2D eigenvalue weighted by molar-refractivity contribution is -0.143. The molecule has 1 saturated carbocycles.